The van der Waals surface area contributed by atoms with Crippen LogP contribution in [0.5, 0.6) is 0 Å². The van der Waals surface area contributed by atoms with Crippen molar-refractivity contribution in [3.8, 4) is 0 Å². The number of carbonyl (C=O) groups is 1. The lowest BCUT2D eigenvalue weighted by Crippen LogP contribution is -2.35. The van der Waals surface area contributed by atoms with Crippen molar-refractivity contribution >= 4 is 11.4 Å². The molecule has 7 nitrogen and oxygen atoms in total. The molecular formula is C17H19N5O2. The number of hydrogen-bond donors (Lipinski definition) is 2. The lowest BCUT2D eigenvalue weighted by molar-refractivity contribution is -0.0297. The molecule has 2 N–H and O–H groups in total. The van der Waals surface area contributed by atoms with E-state index in [1.54, 1.807) is 18.6 Å². The summed E-state index contributed by atoms with van der Waals surface area (Å²) >= 11 is 0. The van der Waals surface area contributed by atoms with Crippen LogP contribution in [0.1, 0.15) is 35.1 Å². The summed E-state index contributed by atoms with van der Waals surface area (Å²) < 4.78 is 7.75. The molecule has 1 saturated heterocycles. The third-order valence-corrected chi connectivity index (χ3v) is 4.45. The molecule has 4 heterocycles. The second kappa shape index (κ2) is 6.45. The fourth-order valence-electron chi connectivity index (χ4n) is 3.20. The fourth-order valence-corrected chi connectivity index (χ4v) is 3.20. The predicted octanol–water partition coefficient (Wildman–Crippen LogP) is 1.96. The van der Waals surface area contributed by atoms with Crippen LogP contribution in [-0.4, -0.2) is 38.6 Å². The number of nitrogens with one attached hydrogen (secondary N) is 2. The van der Waals surface area contributed by atoms with E-state index in [1.165, 1.54) is 0 Å². The van der Waals surface area contributed by atoms with Crippen LogP contribution in [-0.2, 0) is 4.74 Å². The number of amides is 1. The summed E-state index contributed by atoms with van der Waals surface area (Å²) in [6.45, 7) is 1.29. The van der Waals surface area contributed by atoms with Crippen LogP contribution < -0.4 is 5.32 Å². The molecule has 1 amide bonds. The van der Waals surface area contributed by atoms with Crippen LogP contribution in [0.25, 0.3) is 5.52 Å². The third-order valence-electron chi connectivity index (χ3n) is 4.45. The molecule has 3 aromatic rings. The van der Waals surface area contributed by atoms with E-state index in [0.717, 1.165) is 30.7 Å². The maximum Gasteiger partial charge on any atom is 0.270 e. The van der Waals surface area contributed by atoms with E-state index in [1.807, 2.05) is 28.8 Å². The Morgan fingerprint density at radius 1 is 1.46 bits per heavy atom. The Morgan fingerprint density at radius 3 is 3.29 bits per heavy atom. The highest BCUT2D eigenvalue weighted by atomic mass is 16.5. The fraction of sp³-hybridized carbons (Fsp3) is 0.353. The van der Waals surface area contributed by atoms with Crippen LogP contribution in [0.4, 0.5) is 0 Å². The molecule has 7 heteroatoms. The molecule has 1 aliphatic heterocycles. The Morgan fingerprint density at radius 2 is 2.42 bits per heavy atom. The maximum atomic E-state index is 12.4. The van der Waals surface area contributed by atoms with Crippen molar-refractivity contribution < 1.29 is 9.53 Å². The Labute approximate surface area is 139 Å². The van der Waals surface area contributed by atoms with Gasteiger partial charge in [0, 0.05) is 37.0 Å². The zero-order chi connectivity index (χ0) is 16.4. The van der Waals surface area contributed by atoms with Gasteiger partial charge in [0.15, 0.2) is 0 Å². The van der Waals surface area contributed by atoms with Gasteiger partial charge < -0.3 is 14.5 Å². The quantitative estimate of drug-likeness (QED) is 0.768. The van der Waals surface area contributed by atoms with Crippen LogP contribution in [0.2, 0.25) is 0 Å². The van der Waals surface area contributed by atoms with E-state index in [2.05, 4.69) is 20.5 Å². The number of aromatic nitrogens is 4. The van der Waals surface area contributed by atoms with Gasteiger partial charge >= 0.3 is 0 Å². The number of rotatable bonds is 4. The van der Waals surface area contributed by atoms with Gasteiger partial charge in [0.25, 0.3) is 5.91 Å². The summed E-state index contributed by atoms with van der Waals surface area (Å²) in [6, 6.07) is 7.58. The molecular weight excluding hydrogens is 306 g/mol. The summed E-state index contributed by atoms with van der Waals surface area (Å²) in [6.07, 6.45) is 7.23. The van der Waals surface area contributed by atoms with Gasteiger partial charge in [0.05, 0.1) is 12.0 Å². The predicted molar refractivity (Wildman–Crippen MR) is 87.5 cm³/mol. The topological polar surface area (TPSA) is 84.3 Å². The molecule has 124 valence electrons. The zero-order valence-corrected chi connectivity index (χ0v) is 13.2. The first kappa shape index (κ1) is 14.9. The van der Waals surface area contributed by atoms with Gasteiger partial charge in [0.2, 0.25) is 0 Å². The zero-order valence-electron chi connectivity index (χ0n) is 13.2. The second-order valence-electron chi connectivity index (χ2n) is 6.03. The van der Waals surface area contributed by atoms with Gasteiger partial charge in [0.1, 0.15) is 11.8 Å². The van der Waals surface area contributed by atoms with Gasteiger partial charge in [-0.15, -0.1) is 0 Å². The minimum absolute atomic E-state index is 0.0531. The van der Waals surface area contributed by atoms with Crippen molar-refractivity contribution in [2.75, 3.05) is 13.2 Å². The first-order valence-corrected chi connectivity index (χ1v) is 8.13. The molecule has 1 aliphatic rings. The highest BCUT2D eigenvalue weighted by Gasteiger charge is 2.29. The monoisotopic (exact) mass is 325 g/mol. The molecule has 0 saturated carbocycles. The lowest BCUT2D eigenvalue weighted by Gasteiger charge is -2.31. The van der Waals surface area contributed by atoms with Crippen molar-refractivity contribution in [3.05, 3.63) is 54.4 Å². The number of carbonyl (C=O) groups excluding carboxylic acids is 1. The summed E-state index contributed by atoms with van der Waals surface area (Å²) in [5.74, 6) is 0.0628. The Bertz CT molecular complexity index is 827. The van der Waals surface area contributed by atoms with Gasteiger partial charge in [-0.05, 0) is 37.1 Å². The molecule has 4 rings (SSSR count). The lowest BCUT2D eigenvalue weighted by atomic mass is 9.92. The van der Waals surface area contributed by atoms with Gasteiger partial charge in [-0.2, -0.15) is 5.10 Å². The number of fused-ring (bicyclic) bond motifs is 1. The molecule has 0 bridgehead atoms. The standard InChI is InChI=1S/C17H19N5O2/c23-17(15-9-13-4-1-7-22(13)11-19-15)18-10-12-3-2-8-24-16(12)14-5-6-20-21-14/h1,4-7,9,11-12,16H,2-3,8,10H2,(H,18,23)(H,20,21)/t12-,16+/m0/s1. The summed E-state index contributed by atoms with van der Waals surface area (Å²) in [4.78, 5) is 16.6. The number of ether oxygens (including phenoxy) is 1. The normalized spacial score (nSPS) is 21.0. The Hall–Kier alpha value is -2.67. The molecule has 0 aliphatic carbocycles. The average Bonchev–Trinajstić information content (AvgIpc) is 3.30. The summed E-state index contributed by atoms with van der Waals surface area (Å²) in [5.41, 5.74) is 2.34. The molecule has 0 spiro atoms. The van der Waals surface area contributed by atoms with Crippen molar-refractivity contribution in [2.45, 2.75) is 18.9 Å². The van der Waals surface area contributed by atoms with E-state index in [4.69, 9.17) is 4.74 Å². The van der Waals surface area contributed by atoms with Crippen LogP contribution in [0.15, 0.2) is 43.0 Å². The Balaban J connectivity index is 1.43. The smallest absolute Gasteiger partial charge is 0.270 e. The highest BCUT2D eigenvalue weighted by Crippen LogP contribution is 2.31. The van der Waals surface area contributed by atoms with Crippen LogP contribution >= 0.6 is 0 Å². The van der Waals surface area contributed by atoms with E-state index >= 15 is 0 Å². The Kier molecular flexibility index (Phi) is 4.00. The van der Waals surface area contributed by atoms with Crippen LogP contribution in [0.3, 0.4) is 0 Å². The van der Waals surface area contributed by atoms with Crippen molar-refractivity contribution in [1.82, 2.24) is 24.9 Å². The molecule has 0 aromatic carbocycles. The first-order chi connectivity index (χ1) is 11.8. The van der Waals surface area contributed by atoms with Crippen LogP contribution in [0, 0.1) is 5.92 Å². The van der Waals surface area contributed by atoms with Gasteiger partial charge in [-0.25, -0.2) is 4.98 Å². The van der Waals surface area contributed by atoms with E-state index in [9.17, 15) is 4.79 Å². The molecule has 2 atom stereocenters. The molecule has 0 radical (unpaired) electrons. The number of aromatic amines is 1. The minimum Gasteiger partial charge on any atom is -0.372 e. The summed E-state index contributed by atoms with van der Waals surface area (Å²) in [5, 5.41) is 9.96. The summed E-state index contributed by atoms with van der Waals surface area (Å²) in [7, 11) is 0. The number of H-pyrrole nitrogens is 1. The second-order valence-corrected chi connectivity index (χ2v) is 6.03. The van der Waals surface area contributed by atoms with Crippen molar-refractivity contribution in [1.29, 1.82) is 0 Å². The molecule has 1 fully saturated rings. The van der Waals surface area contributed by atoms with Crippen molar-refractivity contribution in [2.24, 2.45) is 5.92 Å². The number of nitrogens with zero attached hydrogens (tertiary/aromatic N) is 3. The minimum atomic E-state index is -0.160. The molecule has 3 aromatic heterocycles. The van der Waals surface area contributed by atoms with E-state index < -0.39 is 0 Å². The van der Waals surface area contributed by atoms with Gasteiger partial charge in [-0.3, -0.25) is 9.89 Å². The first-order valence-electron chi connectivity index (χ1n) is 8.13. The largest absolute Gasteiger partial charge is 0.372 e. The highest BCUT2D eigenvalue weighted by molar-refractivity contribution is 5.93. The average molecular weight is 325 g/mol. The molecule has 24 heavy (non-hydrogen) atoms. The third kappa shape index (κ3) is 2.90. The van der Waals surface area contributed by atoms with E-state index in [-0.39, 0.29) is 17.9 Å². The maximum absolute atomic E-state index is 12.4. The SMILES string of the molecule is O=C(NC[C@@H]1CCCO[C@H]1c1ccn[nH]1)c1cc2cccn2cn1. The molecule has 0 unspecified atom stereocenters. The van der Waals surface area contributed by atoms with Gasteiger partial charge in [-0.1, -0.05) is 0 Å². The van der Waals surface area contributed by atoms with Crippen molar-refractivity contribution in [3.63, 3.8) is 0 Å². The number of hydrogen-bond acceptors (Lipinski definition) is 4. The van der Waals surface area contributed by atoms with E-state index in [0.29, 0.717) is 12.2 Å².